The summed E-state index contributed by atoms with van der Waals surface area (Å²) in [6.45, 7) is 0. The van der Waals surface area contributed by atoms with Crippen LogP contribution < -0.4 is 0 Å². The molecule has 0 amide bonds. The van der Waals surface area contributed by atoms with E-state index in [0.29, 0.717) is 0 Å². The third-order valence-corrected chi connectivity index (χ3v) is 4.89. The fourth-order valence-electron chi connectivity index (χ4n) is 2.02. The molecule has 0 radical (unpaired) electrons. The Morgan fingerprint density at radius 3 is 1.55 bits per heavy atom. The number of thiazole rings is 2. The lowest BCUT2D eigenvalue weighted by Gasteiger charge is -1.80. The molecule has 0 fully saturated rings. The van der Waals surface area contributed by atoms with E-state index in [4.69, 9.17) is 0 Å². The van der Waals surface area contributed by atoms with Crippen molar-refractivity contribution in [3.8, 4) is 23.7 Å². The predicted octanol–water partition coefficient (Wildman–Crippen LogP) is 4.31. The summed E-state index contributed by atoms with van der Waals surface area (Å²) in [4.78, 5) is 8.91. The van der Waals surface area contributed by atoms with Crippen molar-refractivity contribution in [3.05, 3.63) is 58.5 Å². The largest absolute Gasteiger partial charge is 0.228 e. The standard InChI is InChI=1S/C18H8N2S2/c1-3-9-15-13(7-1)19-17(21-15)11-5-6-12-18-20-14-8-2-4-10-16(14)22-18/h1-4,7-10H. The maximum absolute atomic E-state index is 4.46. The molecule has 102 valence electrons. The molecule has 4 heteroatoms. The van der Waals surface area contributed by atoms with E-state index in [9.17, 15) is 0 Å². The van der Waals surface area contributed by atoms with Gasteiger partial charge in [0.25, 0.3) is 0 Å². The number of fused-ring (bicyclic) bond motifs is 2. The fraction of sp³-hybridized carbons (Fsp3) is 0. The zero-order valence-electron chi connectivity index (χ0n) is 11.3. The highest BCUT2D eigenvalue weighted by atomic mass is 32.1. The Bertz CT molecular complexity index is 942. The lowest BCUT2D eigenvalue weighted by Crippen LogP contribution is -1.70. The number of aromatic nitrogens is 2. The number of nitrogens with zero attached hydrogens (tertiary/aromatic N) is 2. The van der Waals surface area contributed by atoms with Crippen molar-refractivity contribution >= 4 is 43.1 Å². The van der Waals surface area contributed by atoms with E-state index in [0.717, 1.165) is 30.4 Å². The molecule has 4 rings (SSSR count). The second-order valence-electron chi connectivity index (χ2n) is 4.47. The van der Waals surface area contributed by atoms with E-state index >= 15 is 0 Å². The Labute approximate surface area is 135 Å². The third-order valence-electron chi connectivity index (χ3n) is 2.99. The summed E-state index contributed by atoms with van der Waals surface area (Å²) in [5.41, 5.74) is 1.96. The molecule has 22 heavy (non-hydrogen) atoms. The van der Waals surface area contributed by atoms with Gasteiger partial charge in [0.05, 0.1) is 20.4 Å². The highest BCUT2D eigenvalue weighted by Crippen LogP contribution is 2.21. The van der Waals surface area contributed by atoms with E-state index in [2.05, 4.69) is 33.6 Å². The predicted molar refractivity (Wildman–Crippen MR) is 93.0 cm³/mol. The van der Waals surface area contributed by atoms with Crippen molar-refractivity contribution in [1.29, 1.82) is 0 Å². The number of benzene rings is 2. The molecule has 2 aromatic carbocycles. The van der Waals surface area contributed by atoms with Crippen LogP contribution in [0.1, 0.15) is 10.0 Å². The molecule has 0 aliphatic rings. The third kappa shape index (κ3) is 2.58. The Kier molecular flexibility index (Phi) is 3.33. The van der Waals surface area contributed by atoms with Crippen LogP contribution >= 0.6 is 22.7 Å². The van der Waals surface area contributed by atoms with Crippen LogP contribution in [-0.4, -0.2) is 9.97 Å². The van der Waals surface area contributed by atoms with Gasteiger partial charge in [-0.2, -0.15) is 0 Å². The monoisotopic (exact) mass is 316 g/mol. The van der Waals surface area contributed by atoms with E-state index < -0.39 is 0 Å². The van der Waals surface area contributed by atoms with Gasteiger partial charge in [-0.1, -0.05) is 24.3 Å². The Hall–Kier alpha value is -2.66. The summed E-state index contributed by atoms with van der Waals surface area (Å²) in [7, 11) is 0. The molecule has 0 aliphatic carbocycles. The zero-order chi connectivity index (χ0) is 14.8. The van der Waals surface area contributed by atoms with Gasteiger partial charge in [-0.3, -0.25) is 0 Å². The summed E-state index contributed by atoms with van der Waals surface area (Å²) in [6, 6.07) is 16.0. The van der Waals surface area contributed by atoms with Crippen molar-refractivity contribution in [1.82, 2.24) is 9.97 Å². The van der Waals surface area contributed by atoms with Crippen molar-refractivity contribution in [2.24, 2.45) is 0 Å². The van der Waals surface area contributed by atoms with E-state index in [-0.39, 0.29) is 0 Å². The minimum Gasteiger partial charge on any atom is -0.228 e. The van der Waals surface area contributed by atoms with Gasteiger partial charge < -0.3 is 0 Å². The topological polar surface area (TPSA) is 25.8 Å². The maximum atomic E-state index is 4.46. The normalized spacial score (nSPS) is 10.0. The quantitative estimate of drug-likeness (QED) is 0.452. The second-order valence-corrected chi connectivity index (χ2v) is 6.53. The molecule has 0 bridgehead atoms. The zero-order valence-corrected chi connectivity index (χ0v) is 13.0. The number of para-hydroxylation sites is 2. The van der Waals surface area contributed by atoms with Gasteiger partial charge in [-0.25, -0.2) is 9.97 Å². The van der Waals surface area contributed by atoms with Crippen LogP contribution in [0.25, 0.3) is 20.4 Å². The molecule has 0 aliphatic heterocycles. The van der Waals surface area contributed by atoms with Crippen LogP contribution in [0.2, 0.25) is 0 Å². The first-order chi connectivity index (χ1) is 10.9. The van der Waals surface area contributed by atoms with E-state index in [1.165, 1.54) is 0 Å². The molecule has 0 atom stereocenters. The minimum atomic E-state index is 0.791. The van der Waals surface area contributed by atoms with Crippen molar-refractivity contribution in [2.75, 3.05) is 0 Å². The summed E-state index contributed by atoms with van der Waals surface area (Å²) in [6.07, 6.45) is 0. The van der Waals surface area contributed by atoms with Gasteiger partial charge in [0, 0.05) is 0 Å². The molecule has 0 saturated heterocycles. The summed E-state index contributed by atoms with van der Waals surface area (Å²) < 4.78 is 2.29. The highest BCUT2D eigenvalue weighted by Gasteiger charge is 1.99. The average molecular weight is 316 g/mol. The van der Waals surface area contributed by atoms with Crippen molar-refractivity contribution in [3.63, 3.8) is 0 Å². The average Bonchev–Trinajstić information content (AvgIpc) is 3.14. The second kappa shape index (κ2) is 5.61. The molecule has 2 nitrogen and oxygen atoms in total. The van der Waals surface area contributed by atoms with Gasteiger partial charge in [0.15, 0.2) is 10.0 Å². The minimum absolute atomic E-state index is 0.791. The molecule has 4 aromatic rings. The van der Waals surface area contributed by atoms with E-state index in [1.54, 1.807) is 22.7 Å². The summed E-state index contributed by atoms with van der Waals surface area (Å²) >= 11 is 3.16. The first-order valence-electron chi connectivity index (χ1n) is 6.62. The van der Waals surface area contributed by atoms with Gasteiger partial charge in [0.2, 0.25) is 0 Å². The van der Waals surface area contributed by atoms with Gasteiger partial charge in [-0.15, -0.1) is 22.7 Å². The van der Waals surface area contributed by atoms with Crippen LogP contribution in [0.3, 0.4) is 0 Å². The first-order valence-corrected chi connectivity index (χ1v) is 8.25. The molecular formula is C18H8N2S2. The SMILES string of the molecule is C(C#Cc1nc2ccccc2s1)#Cc1nc2ccccc2s1. The van der Waals surface area contributed by atoms with Crippen molar-refractivity contribution in [2.45, 2.75) is 0 Å². The summed E-state index contributed by atoms with van der Waals surface area (Å²) in [5.74, 6) is 11.7. The van der Waals surface area contributed by atoms with Crippen LogP contribution in [0.15, 0.2) is 48.5 Å². The lowest BCUT2D eigenvalue weighted by atomic mass is 10.3. The Morgan fingerprint density at radius 2 is 1.09 bits per heavy atom. The van der Waals surface area contributed by atoms with Crippen LogP contribution in [-0.2, 0) is 0 Å². The summed E-state index contributed by atoms with van der Waals surface area (Å²) in [5, 5.41) is 1.58. The van der Waals surface area contributed by atoms with Crippen LogP contribution in [0.5, 0.6) is 0 Å². The molecule has 0 spiro atoms. The maximum Gasteiger partial charge on any atom is 0.169 e. The van der Waals surface area contributed by atoms with Crippen LogP contribution in [0, 0.1) is 23.7 Å². The molecule has 0 unspecified atom stereocenters. The van der Waals surface area contributed by atoms with Gasteiger partial charge >= 0.3 is 0 Å². The first kappa shape index (κ1) is 13.0. The lowest BCUT2D eigenvalue weighted by molar-refractivity contribution is 1.45. The van der Waals surface area contributed by atoms with Gasteiger partial charge in [-0.05, 0) is 47.9 Å². The van der Waals surface area contributed by atoms with Gasteiger partial charge in [0.1, 0.15) is 0 Å². The molecule has 2 heterocycles. The number of hydrogen-bond donors (Lipinski definition) is 0. The molecular weight excluding hydrogens is 308 g/mol. The molecule has 2 aromatic heterocycles. The Morgan fingerprint density at radius 1 is 0.636 bits per heavy atom. The van der Waals surface area contributed by atoms with Crippen molar-refractivity contribution < 1.29 is 0 Å². The van der Waals surface area contributed by atoms with E-state index in [1.807, 2.05) is 48.5 Å². The smallest absolute Gasteiger partial charge is 0.169 e. The fourth-order valence-corrected chi connectivity index (χ4v) is 3.66. The molecule has 0 N–H and O–H groups in total. The van der Waals surface area contributed by atoms with Crippen LogP contribution in [0.4, 0.5) is 0 Å². The highest BCUT2D eigenvalue weighted by molar-refractivity contribution is 7.19. The molecule has 0 saturated carbocycles. The number of rotatable bonds is 0. The number of hydrogen-bond acceptors (Lipinski definition) is 4. The Balaban J connectivity index is 1.60.